The van der Waals surface area contributed by atoms with Crippen molar-refractivity contribution in [2.24, 2.45) is 50.3 Å². The molecule has 9 atom stereocenters. The highest BCUT2D eigenvalue weighted by molar-refractivity contribution is 5.98. The fourth-order valence-electron chi connectivity index (χ4n) is 8.86. The third kappa shape index (κ3) is 17.1. The Kier molecular flexibility index (Phi) is 22.2. The van der Waals surface area contributed by atoms with Gasteiger partial charge in [-0.3, -0.25) is 48.3 Å². The van der Waals surface area contributed by atoms with Gasteiger partial charge in [-0.2, -0.15) is 0 Å². The molecule has 2 saturated heterocycles. The number of nitrogens with zero attached hydrogens (tertiary/aromatic N) is 4. The van der Waals surface area contributed by atoms with Crippen molar-refractivity contribution in [1.29, 1.82) is 0 Å². The van der Waals surface area contributed by atoms with Gasteiger partial charge in [0.25, 0.3) is 0 Å². The van der Waals surface area contributed by atoms with E-state index < -0.39 is 107 Å². The number of guanidine groups is 2. The summed E-state index contributed by atoms with van der Waals surface area (Å²) in [4.78, 5) is 135. The Hall–Kier alpha value is -7.51. The van der Waals surface area contributed by atoms with Crippen molar-refractivity contribution in [2.75, 3.05) is 26.2 Å². The number of aromatic nitrogens is 1. The van der Waals surface area contributed by atoms with Gasteiger partial charge in [0.1, 0.15) is 42.3 Å². The summed E-state index contributed by atoms with van der Waals surface area (Å²) < 4.78 is 0. The van der Waals surface area contributed by atoms with Crippen LogP contribution in [0.25, 0.3) is 10.9 Å². The summed E-state index contributed by atoms with van der Waals surface area (Å²) in [6.07, 6.45) is 3.66. The molecule has 3 heterocycles. The number of nitrogens with one attached hydrogen (secondary N) is 6. The first-order valence-corrected chi connectivity index (χ1v) is 24.7. The van der Waals surface area contributed by atoms with E-state index in [1.54, 1.807) is 20.0 Å². The van der Waals surface area contributed by atoms with Crippen LogP contribution in [-0.2, 0) is 49.6 Å². The zero-order chi connectivity index (χ0) is 53.9. The van der Waals surface area contributed by atoms with Crippen LogP contribution >= 0.6 is 0 Å². The van der Waals surface area contributed by atoms with E-state index in [0.717, 1.165) is 16.5 Å². The molecule has 4 rings (SSSR count). The molecule has 0 saturated carbocycles. The minimum atomic E-state index is -1.29. The smallest absolute Gasteiger partial charge is 0.326 e. The van der Waals surface area contributed by atoms with Crippen LogP contribution in [0, 0.1) is 5.92 Å². The Morgan fingerprint density at radius 1 is 0.726 bits per heavy atom. The molecule has 1 aromatic heterocycles. The number of amides is 8. The highest BCUT2D eigenvalue weighted by atomic mass is 16.4. The second kappa shape index (κ2) is 27.9. The standard InChI is InChI=1S/C47H74N16O10/c1-4-25(2)37(45(72)73)61-41(68)32(14-8-20-55-47(52)53)58-38(65)26(3)57-40(67)31(13-7-19-54-46(50)51)59-42(69)34-15-9-21-62(34)44(71)35-16-10-22-63(35)43(70)33(17-18-36(49)64)60-39(66)29(48)23-27-24-56-30-12-6-5-11-28(27)30/h5-6,11-12,24-26,29,31-35,37,56H,4,7-10,13-23,48H2,1-3H3,(H2,49,64)(H,57,67)(H,58,65)(H,59,69)(H,60,66)(H,61,68)(H,72,73)(H4,50,51,54)(H4,52,53,55). The molecule has 2 aromatic rings. The Bertz CT molecular complexity index is 2350. The molecule has 0 bridgehead atoms. The number of fused-ring (bicyclic) bond motifs is 1. The van der Waals surface area contributed by atoms with Gasteiger partial charge in [0, 0.05) is 49.7 Å². The summed E-state index contributed by atoms with van der Waals surface area (Å²) in [5, 5.41) is 23.7. The minimum Gasteiger partial charge on any atom is -0.480 e. The van der Waals surface area contributed by atoms with Crippen molar-refractivity contribution < 1.29 is 48.3 Å². The number of nitrogens with two attached hydrogens (primary N) is 6. The van der Waals surface area contributed by atoms with Crippen LogP contribution in [0.4, 0.5) is 0 Å². The number of carboxylic acids is 1. The fraction of sp³-hybridized carbons (Fsp3) is 0.596. The van der Waals surface area contributed by atoms with Crippen LogP contribution in [0.1, 0.15) is 97.0 Å². The molecule has 1 aromatic carbocycles. The number of carboxylic acid groups (broad SMARTS) is 1. The van der Waals surface area contributed by atoms with Crippen LogP contribution < -0.4 is 61.0 Å². The zero-order valence-electron chi connectivity index (χ0n) is 41.8. The van der Waals surface area contributed by atoms with Gasteiger partial charge < -0.3 is 80.9 Å². The first kappa shape index (κ1) is 58.1. The summed E-state index contributed by atoms with van der Waals surface area (Å²) in [7, 11) is 0. The minimum absolute atomic E-state index is 0.00295. The van der Waals surface area contributed by atoms with E-state index in [0.29, 0.717) is 19.3 Å². The number of aliphatic imine (C=N–C) groups is 2. The lowest BCUT2D eigenvalue weighted by molar-refractivity contribution is -0.148. The summed E-state index contributed by atoms with van der Waals surface area (Å²) in [6.45, 7) is 5.28. The molecule has 2 aliphatic heterocycles. The van der Waals surface area contributed by atoms with Gasteiger partial charge in [0.2, 0.25) is 47.3 Å². The van der Waals surface area contributed by atoms with E-state index in [2.05, 4.69) is 41.6 Å². The second-order valence-electron chi connectivity index (χ2n) is 18.6. The molecular formula is C47H74N16O10. The SMILES string of the molecule is CCC(C)C(NC(=O)C(CCCN=C(N)N)NC(=O)C(C)NC(=O)C(CCCN=C(N)N)NC(=O)C1CCCN1C(=O)C1CCCN1C(=O)C(CCC(N)=O)NC(=O)C(N)Cc1c[nH]c2ccccc12)C(=O)O. The van der Waals surface area contributed by atoms with Crippen LogP contribution in [0.2, 0.25) is 0 Å². The Morgan fingerprint density at radius 3 is 1.90 bits per heavy atom. The number of hydrogen-bond donors (Lipinski definition) is 13. The van der Waals surface area contributed by atoms with E-state index in [9.17, 15) is 48.3 Å². The molecule has 9 unspecified atom stereocenters. The lowest BCUT2D eigenvalue weighted by Gasteiger charge is -2.33. The van der Waals surface area contributed by atoms with E-state index in [1.807, 2.05) is 24.3 Å². The first-order valence-electron chi connectivity index (χ1n) is 24.7. The molecule has 402 valence electrons. The van der Waals surface area contributed by atoms with Crippen molar-refractivity contribution in [3.8, 4) is 0 Å². The highest BCUT2D eigenvalue weighted by Gasteiger charge is 2.44. The number of hydrogen-bond acceptors (Lipinski definition) is 12. The fourth-order valence-corrected chi connectivity index (χ4v) is 8.86. The van der Waals surface area contributed by atoms with Crippen LogP contribution in [0.15, 0.2) is 40.4 Å². The molecular weight excluding hydrogens is 949 g/mol. The quantitative estimate of drug-likeness (QED) is 0.0229. The van der Waals surface area contributed by atoms with E-state index >= 15 is 0 Å². The van der Waals surface area contributed by atoms with Crippen LogP contribution in [0.3, 0.4) is 0 Å². The molecule has 73 heavy (non-hydrogen) atoms. The van der Waals surface area contributed by atoms with Crippen molar-refractivity contribution in [3.05, 3.63) is 36.0 Å². The van der Waals surface area contributed by atoms with Gasteiger partial charge >= 0.3 is 5.97 Å². The number of aliphatic carboxylic acids is 1. The predicted octanol–water partition coefficient (Wildman–Crippen LogP) is -3.03. The van der Waals surface area contributed by atoms with Crippen molar-refractivity contribution in [2.45, 2.75) is 146 Å². The first-order chi connectivity index (χ1) is 34.6. The highest BCUT2D eigenvalue weighted by Crippen LogP contribution is 2.27. The average molecular weight is 1020 g/mol. The molecule has 2 fully saturated rings. The lowest BCUT2D eigenvalue weighted by atomic mass is 9.98. The summed E-state index contributed by atoms with van der Waals surface area (Å²) >= 11 is 0. The molecule has 19 N–H and O–H groups in total. The van der Waals surface area contributed by atoms with Gasteiger partial charge in [0.05, 0.1) is 6.04 Å². The summed E-state index contributed by atoms with van der Waals surface area (Å²) in [6, 6.07) is -1.96. The third-order valence-electron chi connectivity index (χ3n) is 13.1. The Morgan fingerprint density at radius 2 is 1.30 bits per heavy atom. The monoisotopic (exact) mass is 1020 g/mol. The van der Waals surface area contributed by atoms with Gasteiger partial charge in [-0.25, -0.2) is 4.79 Å². The Balaban J connectivity index is 1.46. The molecule has 0 radical (unpaired) electrons. The van der Waals surface area contributed by atoms with Gasteiger partial charge in [-0.15, -0.1) is 0 Å². The number of benzene rings is 1. The molecule has 8 amide bonds. The molecule has 0 spiro atoms. The Labute approximate surface area is 423 Å². The molecule has 26 heteroatoms. The van der Waals surface area contributed by atoms with Crippen LogP contribution in [0.5, 0.6) is 0 Å². The number of aromatic amines is 1. The number of rotatable bonds is 28. The summed E-state index contributed by atoms with van der Waals surface area (Å²) in [5.41, 5.74) is 35.3. The lowest BCUT2D eigenvalue weighted by Crippen LogP contribution is -2.59. The third-order valence-corrected chi connectivity index (χ3v) is 13.1. The predicted molar refractivity (Wildman–Crippen MR) is 270 cm³/mol. The van der Waals surface area contributed by atoms with Crippen molar-refractivity contribution >= 4 is 76.0 Å². The van der Waals surface area contributed by atoms with Gasteiger partial charge in [-0.1, -0.05) is 38.5 Å². The zero-order valence-corrected chi connectivity index (χ0v) is 41.8. The summed E-state index contributed by atoms with van der Waals surface area (Å²) in [5.74, 6) is -7.61. The number of carbonyl (C=O) groups is 9. The molecule has 2 aliphatic rings. The average Bonchev–Trinajstić information content (AvgIpc) is 4.14. The topological polar surface area (TPSA) is 437 Å². The van der Waals surface area contributed by atoms with Crippen molar-refractivity contribution in [1.82, 2.24) is 41.4 Å². The second-order valence-corrected chi connectivity index (χ2v) is 18.6. The number of para-hydroxylation sites is 1. The van der Waals surface area contributed by atoms with E-state index in [4.69, 9.17) is 34.4 Å². The van der Waals surface area contributed by atoms with E-state index in [1.165, 1.54) is 16.7 Å². The molecule has 26 nitrogen and oxygen atoms in total. The number of likely N-dealkylation sites (tertiary alicyclic amines) is 2. The van der Waals surface area contributed by atoms with Gasteiger partial charge in [-0.05, 0) is 88.7 Å². The number of primary amides is 1. The largest absolute Gasteiger partial charge is 0.480 e. The number of carbonyl (C=O) groups excluding carboxylic acids is 8. The van der Waals surface area contributed by atoms with Crippen molar-refractivity contribution in [3.63, 3.8) is 0 Å². The maximum absolute atomic E-state index is 14.4. The number of H-pyrrole nitrogens is 1. The van der Waals surface area contributed by atoms with Gasteiger partial charge in [0.15, 0.2) is 11.9 Å². The van der Waals surface area contributed by atoms with E-state index in [-0.39, 0.29) is 95.9 Å². The maximum atomic E-state index is 14.4. The maximum Gasteiger partial charge on any atom is 0.326 e. The van der Waals surface area contributed by atoms with Crippen LogP contribution in [-0.4, -0.2) is 160 Å². The molecule has 0 aliphatic carbocycles. The normalized spacial score (nSPS) is 18.2.